The topological polar surface area (TPSA) is 93.1 Å². The quantitative estimate of drug-likeness (QED) is 0.608. The lowest BCUT2D eigenvalue weighted by molar-refractivity contribution is 0.555. The average molecular weight is 302 g/mol. The van der Waals surface area contributed by atoms with Crippen molar-refractivity contribution in [2.75, 3.05) is 37.0 Å². The summed E-state index contributed by atoms with van der Waals surface area (Å²) in [5, 5.41) is 10.1. The molecule has 1 aromatic rings. The van der Waals surface area contributed by atoms with Crippen molar-refractivity contribution in [3.63, 3.8) is 0 Å². The molecule has 20 heavy (non-hydrogen) atoms. The van der Waals surface area contributed by atoms with E-state index in [2.05, 4.69) is 15.7 Å². The van der Waals surface area contributed by atoms with E-state index in [0.717, 1.165) is 6.54 Å². The molecule has 0 aliphatic carbocycles. The molecule has 0 spiro atoms. The molecule has 114 valence electrons. The number of hydrogen-bond donors (Lipinski definition) is 2. The molecule has 0 radical (unpaired) electrons. The molecule has 0 unspecified atom stereocenters. The molecular formula is C12H22N4O3S. The van der Waals surface area contributed by atoms with Crippen LogP contribution < -0.4 is 16.2 Å². The Hall–Kier alpha value is -1.41. The summed E-state index contributed by atoms with van der Waals surface area (Å²) in [6.07, 6.45) is 1.97. The monoisotopic (exact) mass is 302 g/mol. The zero-order valence-corrected chi connectivity index (χ0v) is 12.7. The van der Waals surface area contributed by atoms with Crippen molar-refractivity contribution >= 4 is 15.5 Å². The van der Waals surface area contributed by atoms with Gasteiger partial charge in [0.15, 0.2) is 0 Å². The molecular weight excluding hydrogens is 280 g/mol. The van der Waals surface area contributed by atoms with E-state index in [1.807, 2.05) is 7.05 Å². The number of likely N-dealkylation sites (N-methyl/N-ethyl adjacent to an activating group) is 1. The summed E-state index contributed by atoms with van der Waals surface area (Å²) >= 11 is 0. The maximum Gasteiger partial charge on any atom is 0.268 e. The van der Waals surface area contributed by atoms with Gasteiger partial charge in [0.05, 0.1) is 17.6 Å². The number of sulfone groups is 1. The van der Waals surface area contributed by atoms with Crippen LogP contribution in [0.1, 0.15) is 13.3 Å². The summed E-state index contributed by atoms with van der Waals surface area (Å²) < 4.78 is 24.0. The first-order valence-electron chi connectivity index (χ1n) is 6.64. The lowest BCUT2D eigenvalue weighted by atomic mass is 10.4. The third-order valence-corrected chi connectivity index (χ3v) is 4.63. The number of nitrogens with one attached hydrogen (secondary N) is 2. The van der Waals surface area contributed by atoms with Crippen LogP contribution in [-0.4, -0.2) is 49.8 Å². The standard InChI is InChI=1S/C12H22N4O3S/c1-3-20(18,19)8-4-7-16-12(17)9-11(10-15-16)14-6-5-13-2/h9-10,13-14H,3-8H2,1-2H3. The van der Waals surface area contributed by atoms with Crippen LogP contribution in [0.25, 0.3) is 0 Å². The molecule has 0 fully saturated rings. The van der Waals surface area contributed by atoms with Crippen LogP contribution in [0.5, 0.6) is 0 Å². The van der Waals surface area contributed by atoms with Crippen LogP contribution in [0.15, 0.2) is 17.1 Å². The molecule has 8 heteroatoms. The molecule has 0 aliphatic heterocycles. The number of hydrogen-bond acceptors (Lipinski definition) is 6. The highest BCUT2D eigenvalue weighted by atomic mass is 32.2. The summed E-state index contributed by atoms with van der Waals surface area (Å²) in [6.45, 7) is 3.43. The highest BCUT2D eigenvalue weighted by Gasteiger charge is 2.07. The SMILES string of the molecule is CCS(=O)(=O)CCCn1ncc(NCCNC)cc1=O. The van der Waals surface area contributed by atoms with E-state index in [1.54, 1.807) is 13.1 Å². The molecule has 0 saturated heterocycles. The first-order chi connectivity index (χ1) is 9.48. The Balaban J connectivity index is 2.54. The summed E-state index contributed by atoms with van der Waals surface area (Å²) in [6, 6.07) is 1.47. The van der Waals surface area contributed by atoms with Gasteiger partial charge in [0.1, 0.15) is 9.84 Å². The van der Waals surface area contributed by atoms with Crippen LogP contribution >= 0.6 is 0 Å². The fourth-order valence-electron chi connectivity index (χ4n) is 1.61. The van der Waals surface area contributed by atoms with Crippen molar-refractivity contribution in [3.05, 3.63) is 22.6 Å². The lowest BCUT2D eigenvalue weighted by Crippen LogP contribution is -2.25. The van der Waals surface area contributed by atoms with E-state index in [-0.39, 0.29) is 17.1 Å². The minimum Gasteiger partial charge on any atom is -0.382 e. The van der Waals surface area contributed by atoms with Gasteiger partial charge in [-0.2, -0.15) is 5.10 Å². The Bertz CT molecular complexity index is 568. The first kappa shape index (κ1) is 16.6. The lowest BCUT2D eigenvalue weighted by Gasteiger charge is -2.08. The van der Waals surface area contributed by atoms with E-state index >= 15 is 0 Å². The molecule has 1 rings (SSSR count). The van der Waals surface area contributed by atoms with Crippen molar-refractivity contribution in [1.82, 2.24) is 15.1 Å². The Morgan fingerprint density at radius 2 is 2.10 bits per heavy atom. The molecule has 0 bridgehead atoms. The second-order valence-electron chi connectivity index (χ2n) is 4.43. The van der Waals surface area contributed by atoms with Gasteiger partial charge in [0.25, 0.3) is 5.56 Å². The fraction of sp³-hybridized carbons (Fsp3) is 0.667. The smallest absolute Gasteiger partial charge is 0.268 e. The zero-order valence-electron chi connectivity index (χ0n) is 11.9. The minimum atomic E-state index is -2.99. The van der Waals surface area contributed by atoms with Gasteiger partial charge in [0, 0.05) is 31.5 Å². The predicted octanol–water partition coefficient (Wildman–Crippen LogP) is -0.301. The second-order valence-corrected chi connectivity index (χ2v) is 6.90. The summed E-state index contributed by atoms with van der Waals surface area (Å²) in [4.78, 5) is 11.8. The molecule has 1 aromatic heterocycles. The van der Waals surface area contributed by atoms with Crippen LogP contribution in [0, 0.1) is 0 Å². The number of nitrogens with zero attached hydrogens (tertiary/aromatic N) is 2. The average Bonchev–Trinajstić information content (AvgIpc) is 2.41. The van der Waals surface area contributed by atoms with Crippen LogP contribution in [0.3, 0.4) is 0 Å². The second kappa shape index (κ2) is 8.01. The maximum absolute atomic E-state index is 11.8. The van der Waals surface area contributed by atoms with Gasteiger partial charge in [-0.05, 0) is 13.5 Å². The number of anilines is 1. The highest BCUT2D eigenvalue weighted by Crippen LogP contribution is 2.00. The van der Waals surface area contributed by atoms with Gasteiger partial charge in [-0.1, -0.05) is 6.92 Å². The fourth-order valence-corrected chi connectivity index (χ4v) is 2.47. The number of aromatic nitrogens is 2. The maximum atomic E-state index is 11.8. The van der Waals surface area contributed by atoms with Gasteiger partial charge in [0.2, 0.25) is 0 Å². The molecule has 0 amide bonds. The molecule has 0 aliphatic rings. The molecule has 0 aromatic carbocycles. The van der Waals surface area contributed by atoms with E-state index in [0.29, 0.717) is 25.2 Å². The first-order valence-corrected chi connectivity index (χ1v) is 8.46. The van der Waals surface area contributed by atoms with Gasteiger partial charge in [-0.3, -0.25) is 4.79 Å². The van der Waals surface area contributed by atoms with Gasteiger partial charge < -0.3 is 10.6 Å². The van der Waals surface area contributed by atoms with Crippen molar-refractivity contribution in [1.29, 1.82) is 0 Å². The Morgan fingerprint density at radius 1 is 1.35 bits per heavy atom. The van der Waals surface area contributed by atoms with Crippen molar-refractivity contribution < 1.29 is 8.42 Å². The third kappa shape index (κ3) is 5.70. The van der Waals surface area contributed by atoms with E-state index in [4.69, 9.17) is 0 Å². The highest BCUT2D eigenvalue weighted by molar-refractivity contribution is 7.91. The molecule has 7 nitrogen and oxygen atoms in total. The number of aryl methyl sites for hydroxylation is 1. The largest absolute Gasteiger partial charge is 0.382 e. The van der Waals surface area contributed by atoms with Crippen LogP contribution in [-0.2, 0) is 16.4 Å². The Labute approximate surface area is 119 Å². The molecule has 0 atom stereocenters. The van der Waals surface area contributed by atoms with E-state index in [9.17, 15) is 13.2 Å². The molecule has 0 saturated carbocycles. The van der Waals surface area contributed by atoms with E-state index in [1.165, 1.54) is 10.7 Å². The van der Waals surface area contributed by atoms with Crippen LogP contribution in [0.4, 0.5) is 5.69 Å². The number of rotatable bonds is 9. The summed E-state index contributed by atoms with van der Waals surface area (Å²) in [5.74, 6) is 0.212. The van der Waals surface area contributed by atoms with Gasteiger partial charge in [-0.25, -0.2) is 13.1 Å². The Morgan fingerprint density at radius 3 is 2.70 bits per heavy atom. The van der Waals surface area contributed by atoms with Gasteiger partial charge in [-0.15, -0.1) is 0 Å². The summed E-state index contributed by atoms with van der Waals surface area (Å²) in [5.41, 5.74) is 0.441. The Kier molecular flexibility index (Phi) is 6.66. The minimum absolute atomic E-state index is 0.0831. The van der Waals surface area contributed by atoms with E-state index < -0.39 is 9.84 Å². The predicted molar refractivity (Wildman–Crippen MR) is 79.9 cm³/mol. The molecule has 1 heterocycles. The van der Waals surface area contributed by atoms with Crippen molar-refractivity contribution in [3.8, 4) is 0 Å². The zero-order chi connectivity index (χ0) is 15.0. The van der Waals surface area contributed by atoms with Crippen molar-refractivity contribution in [2.45, 2.75) is 19.9 Å². The van der Waals surface area contributed by atoms with Crippen LogP contribution in [0.2, 0.25) is 0 Å². The third-order valence-electron chi connectivity index (χ3n) is 2.84. The normalized spacial score (nSPS) is 11.5. The van der Waals surface area contributed by atoms with Gasteiger partial charge >= 0.3 is 0 Å². The summed E-state index contributed by atoms with van der Waals surface area (Å²) in [7, 11) is -1.14. The van der Waals surface area contributed by atoms with Crippen molar-refractivity contribution in [2.24, 2.45) is 0 Å². The molecule has 2 N–H and O–H groups in total.